The number of imidazole rings is 1. The first-order chi connectivity index (χ1) is 11.0. The van der Waals surface area contributed by atoms with Gasteiger partial charge in [-0.15, -0.1) is 10.2 Å². The summed E-state index contributed by atoms with van der Waals surface area (Å²) in [4.78, 5) is 15.6. The van der Waals surface area contributed by atoms with E-state index in [-0.39, 0.29) is 11.5 Å². The molecule has 3 aromatic rings. The Labute approximate surface area is 133 Å². The zero-order valence-electron chi connectivity index (χ0n) is 13.1. The van der Waals surface area contributed by atoms with Gasteiger partial charge in [0.25, 0.3) is 0 Å². The molecule has 0 amide bonds. The first-order valence-corrected chi connectivity index (χ1v) is 7.18. The SMILES string of the molecule is Cc1ccc(N=Nc2c(C(=O)O)nc3cccc(C)n23)c(C)c1. The zero-order chi connectivity index (χ0) is 16.6. The van der Waals surface area contributed by atoms with Crippen LogP contribution in [-0.2, 0) is 0 Å². The summed E-state index contributed by atoms with van der Waals surface area (Å²) in [5, 5.41) is 17.8. The first-order valence-electron chi connectivity index (χ1n) is 7.18. The van der Waals surface area contributed by atoms with E-state index >= 15 is 0 Å². The van der Waals surface area contributed by atoms with Crippen LogP contribution in [0, 0.1) is 20.8 Å². The fourth-order valence-corrected chi connectivity index (χ4v) is 2.49. The quantitative estimate of drug-likeness (QED) is 0.729. The van der Waals surface area contributed by atoms with Crippen LogP contribution in [-0.4, -0.2) is 20.5 Å². The summed E-state index contributed by atoms with van der Waals surface area (Å²) in [5.41, 5.74) is 4.10. The second-order valence-corrected chi connectivity index (χ2v) is 5.44. The minimum atomic E-state index is -1.12. The summed E-state index contributed by atoms with van der Waals surface area (Å²) < 4.78 is 1.69. The zero-order valence-corrected chi connectivity index (χ0v) is 13.1. The lowest BCUT2D eigenvalue weighted by Gasteiger charge is -2.02. The molecule has 0 radical (unpaired) electrons. The number of rotatable bonds is 3. The molecule has 0 spiro atoms. The summed E-state index contributed by atoms with van der Waals surface area (Å²) in [6, 6.07) is 11.3. The first kappa shape index (κ1) is 14.9. The van der Waals surface area contributed by atoms with Crippen molar-refractivity contribution >= 4 is 23.1 Å². The maximum atomic E-state index is 11.4. The van der Waals surface area contributed by atoms with Crippen molar-refractivity contribution in [1.82, 2.24) is 9.38 Å². The minimum absolute atomic E-state index is 0.104. The molecular weight excluding hydrogens is 292 g/mol. The molecule has 0 saturated heterocycles. The number of carbonyl (C=O) groups is 1. The lowest BCUT2D eigenvalue weighted by molar-refractivity contribution is 0.0692. The Kier molecular flexibility index (Phi) is 3.65. The number of aryl methyl sites for hydroxylation is 3. The van der Waals surface area contributed by atoms with E-state index in [0.717, 1.165) is 16.8 Å². The van der Waals surface area contributed by atoms with Crippen molar-refractivity contribution in [2.45, 2.75) is 20.8 Å². The molecule has 2 heterocycles. The van der Waals surface area contributed by atoms with Crippen molar-refractivity contribution < 1.29 is 9.90 Å². The molecule has 0 fully saturated rings. The van der Waals surface area contributed by atoms with Crippen LogP contribution in [0.25, 0.3) is 5.65 Å². The number of fused-ring (bicyclic) bond motifs is 1. The van der Waals surface area contributed by atoms with Crippen LogP contribution in [0.1, 0.15) is 27.3 Å². The number of pyridine rings is 1. The Balaban J connectivity index is 2.16. The molecule has 0 aliphatic carbocycles. The molecule has 0 aliphatic rings. The van der Waals surface area contributed by atoms with Crippen molar-refractivity contribution in [3.63, 3.8) is 0 Å². The van der Waals surface area contributed by atoms with Crippen molar-refractivity contribution in [1.29, 1.82) is 0 Å². The number of aromatic carboxylic acids is 1. The van der Waals surface area contributed by atoms with Gasteiger partial charge in [-0.25, -0.2) is 9.78 Å². The Morgan fingerprint density at radius 3 is 2.61 bits per heavy atom. The van der Waals surface area contributed by atoms with E-state index in [0.29, 0.717) is 11.3 Å². The minimum Gasteiger partial charge on any atom is -0.476 e. The van der Waals surface area contributed by atoms with E-state index in [4.69, 9.17) is 0 Å². The molecule has 23 heavy (non-hydrogen) atoms. The molecule has 6 heteroatoms. The van der Waals surface area contributed by atoms with Crippen LogP contribution in [0.2, 0.25) is 0 Å². The van der Waals surface area contributed by atoms with Gasteiger partial charge in [-0.2, -0.15) is 0 Å². The maximum absolute atomic E-state index is 11.4. The maximum Gasteiger partial charge on any atom is 0.358 e. The Bertz CT molecular complexity index is 941. The Hall–Kier alpha value is -3.02. The van der Waals surface area contributed by atoms with Crippen LogP contribution >= 0.6 is 0 Å². The van der Waals surface area contributed by atoms with Gasteiger partial charge in [0.05, 0.1) is 5.69 Å². The predicted molar refractivity (Wildman–Crippen MR) is 87.0 cm³/mol. The molecule has 1 aromatic carbocycles. The monoisotopic (exact) mass is 308 g/mol. The van der Waals surface area contributed by atoms with E-state index in [1.54, 1.807) is 10.5 Å². The van der Waals surface area contributed by atoms with Crippen LogP contribution in [0.3, 0.4) is 0 Å². The molecule has 116 valence electrons. The summed E-state index contributed by atoms with van der Waals surface area (Å²) in [5.74, 6) is -0.895. The molecule has 3 rings (SSSR count). The van der Waals surface area contributed by atoms with Crippen molar-refractivity contribution in [2.24, 2.45) is 10.2 Å². The largest absolute Gasteiger partial charge is 0.476 e. The van der Waals surface area contributed by atoms with Gasteiger partial charge in [0.15, 0.2) is 11.5 Å². The van der Waals surface area contributed by atoms with E-state index < -0.39 is 5.97 Å². The van der Waals surface area contributed by atoms with Gasteiger partial charge >= 0.3 is 5.97 Å². The average Bonchev–Trinajstić information content (AvgIpc) is 2.87. The Morgan fingerprint density at radius 1 is 1.13 bits per heavy atom. The highest BCUT2D eigenvalue weighted by Crippen LogP contribution is 2.27. The number of benzene rings is 1. The third kappa shape index (κ3) is 2.70. The number of aromatic nitrogens is 2. The lowest BCUT2D eigenvalue weighted by Crippen LogP contribution is -1.97. The van der Waals surface area contributed by atoms with Crippen molar-refractivity contribution in [2.75, 3.05) is 0 Å². The van der Waals surface area contributed by atoms with Crippen molar-refractivity contribution in [3.05, 3.63) is 58.9 Å². The average molecular weight is 308 g/mol. The molecule has 0 atom stereocenters. The number of hydrogen-bond acceptors (Lipinski definition) is 4. The number of hydrogen-bond donors (Lipinski definition) is 1. The fourth-order valence-electron chi connectivity index (χ4n) is 2.49. The highest BCUT2D eigenvalue weighted by molar-refractivity contribution is 5.91. The standard InChI is InChI=1S/C17H16N4O2/c1-10-7-8-13(11(2)9-10)19-20-16-15(17(22)23)18-14-6-4-5-12(3)21(14)16/h4-9H,1-3H3,(H,22,23). The van der Waals surface area contributed by atoms with Crippen molar-refractivity contribution in [3.8, 4) is 0 Å². The fraction of sp³-hybridized carbons (Fsp3) is 0.176. The summed E-state index contributed by atoms with van der Waals surface area (Å²) in [6.45, 7) is 5.82. The number of carboxylic acids is 1. The number of azo groups is 1. The molecule has 6 nitrogen and oxygen atoms in total. The smallest absolute Gasteiger partial charge is 0.358 e. The Morgan fingerprint density at radius 2 is 1.91 bits per heavy atom. The van der Waals surface area contributed by atoms with Gasteiger partial charge in [-0.1, -0.05) is 23.8 Å². The molecule has 2 aromatic heterocycles. The number of carboxylic acid groups (broad SMARTS) is 1. The molecule has 0 saturated carbocycles. The van der Waals surface area contributed by atoms with Gasteiger partial charge in [0.2, 0.25) is 0 Å². The van der Waals surface area contributed by atoms with E-state index in [1.807, 2.05) is 51.1 Å². The number of nitrogens with zero attached hydrogens (tertiary/aromatic N) is 4. The topological polar surface area (TPSA) is 79.3 Å². The van der Waals surface area contributed by atoms with Gasteiger partial charge in [-0.3, -0.25) is 4.40 Å². The van der Waals surface area contributed by atoms with Gasteiger partial charge in [0, 0.05) is 5.69 Å². The van der Waals surface area contributed by atoms with Gasteiger partial charge < -0.3 is 5.11 Å². The van der Waals surface area contributed by atoms with Gasteiger partial charge in [-0.05, 0) is 44.5 Å². The van der Waals surface area contributed by atoms with E-state index in [1.165, 1.54) is 0 Å². The third-order valence-corrected chi connectivity index (χ3v) is 3.62. The summed E-state index contributed by atoms with van der Waals surface area (Å²) in [7, 11) is 0. The molecular formula is C17H16N4O2. The summed E-state index contributed by atoms with van der Waals surface area (Å²) in [6.07, 6.45) is 0. The predicted octanol–water partition coefficient (Wildman–Crippen LogP) is 4.37. The lowest BCUT2D eigenvalue weighted by atomic mass is 10.1. The van der Waals surface area contributed by atoms with Gasteiger partial charge in [0.1, 0.15) is 5.65 Å². The van der Waals surface area contributed by atoms with Crippen LogP contribution in [0.5, 0.6) is 0 Å². The molecule has 0 bridgehead atoms. The van der Waals surface area contributed by atoms with Crippen LogP contribution < -0.4 is 0 Å². The van der Waals surface area contributed by atoms with E-state index in [9.17, 15) is 9.90 Å². The normalized spacial score (nSPS) is 11.4. The molecule has 1 N–H and O–H groups in total. The summed E-state index contributed by atoms with van der Waals surface area (Å²) >= 11 is 0. The third-order valence-electron chi connectivity index (χ3n) is 3.62. The second kappa shape index (κ2) is 5.64. The highest BCUT2D eigenvalue weighted by Gasteiger charge is 2.19. The molecule has 0 unspecified atom stereocenters. The molecule has 0 aliphatic heterocycles. The highest BCUT2D eigenvalue weighted by atomic mass is 16.4. The van der Waals surface area contributed by atoms with Crippen LogP contribution in [0.4, 0.5) is 11.5 Å². The van der Waals surface area contributed by atoms with E-state index in [2.05, 4.69) is 15.2 Å². The van der Waals surface area contributed by atoms with Crippen LogP contribution in [0.15, 0.2) is 46.6 Å². The second-order valence-electron chi connectivity index (χ2n) is 5.44.